The van der Waals surface area contributed by atoms with Crippen molar-refractivity contribution in [1.82, 2.24) is 9.62 Å². The minimum absolute atomic E-state index is 0.480. The standard InChI is InChI=1S/C8H18N2O2S/c1-10(13(2,11)12)7-8-4-3-5-9-6-8/h8-9H,3-7H2,1-2H3. The smallest absolute Gasteiger partial charge is 0.210 e. The Morgan fingerprint density at radius 2 is 2.23 bits per heavy atom. The molecule has 0 aromatic rings. The Hall–Kier alpha value is -0.130. The van der Waals surface area contributed by atoms with Crippen LogP contribution in [-0.2, 0) is 10.0 Å². The average molecular weight is 206 g/mol. The molecule has 0 radical (unpaired) electrons. The normalized spacial score (nSPS) is 25.0. The van der Waals surface area contributed by atoms with Gasteiger partial charge in [0.05, 0.1) is 6.26 Å². The lowest BCUT2D eigenvalue weighted by Crippen LogP contribution is -2.38. The summed E-state index contributed by atoms with van der Waals surface area (Å²) in [4.78, 5) is 0. The van der Waals surface area contributed by atoms with E-state index in [0.29, 0.717) is 12.5 Å². The van der Waals surface area contributed by atoms with E-state index in [1.165, 1.54) is 10.6 Å². The molecule has 1 aliphatic heterocycles. The van der Waals surface area contributed by atoms with Gasteiger partial charge in [0.1, 0.15) is 0 Å². The number of hydrogen-bond acceptors (Lipinski definition) is 3. The molecule has 0 amide bonds. The zero-order chi connectivity index (χ0) is 9.90. The molecule has 0 bridgehead atoms. The van der Waals surface area contributed by atoms with Crippen LogP contribution >= 0.6 is 0 Å². The monoisotopic (exact) mass is 206 g/mol. The second kappa shape index (κ2) is 4.39. The van der Waals surface area contributed by atoms with Crippen molar-refractivity contribution in [2.24, 2.45) is 5.92 Å². The molecular weight excluding hydrogens is 188 g/mol. The number of piperidine rings is 1. The molecule has 1 unspecified atom stereocenters. The average Bonchev–Trinajstić information content (AvgIpc) is 2.04. The van der Waals surface area contributed by atoms with Gasteiger partial charge >= 0.3 is 0 Å². The van der Waals surface area contributed by atoms with Gasteiger partial charge in [-0.25, -0.2) is 12.7 Å². The SMILES string of the molecule is CN(CC1CCCNC1)S(C)(=O)=O. The predicted octanol–water partition coefficient (Wildman–Crippen LogP) is -0.123. The first-order valence-corrected chi connectivity index (χ1v) is 6.47. The summed E-state index contributed by atoms with van der Waals surface area (Å²) in [6.07, 6.45) is 3.54. The van der Waals surface area contributed by atoms with E-state index in [9.17, 15) is 8.42 Å². The van der Waals surface area contributed by atoms with E-state index in [4.69, 9.17) is 0 Å². The van der Waals surface area contributed by atoms with Crippen LogP contribution in [0.3, 0.4) is 0 Å². The third-order valence-corrected chi connectivity index (χ3v) is 3.76. The lowest BCUT2D eigenvalue weighted by Gasteiger charge is -2.26. The summed E-state index contributed by atoms with van der Waals surface area (Å²) in [5.74, 6) is 0.480. The van der Waals surface area contributed by atoms with Gasteiger partial charge in [0, 0.05) is 13.6 Å². The first-order valence-electron chi connectivity index (χ1n) is 4.62. The molecule has 1 atom stereocenters. The molecule has 0 spiro atoms. The van der Waals surface area contributed by atoms with Crippen LogP contribution < -0.4 is 5.32 Å². The van der Waals surface area contributed by atoms with Crippen molar-refractivity contribution in [3.63, 3.8) is 0 Å². The van der Waals surface area contributed by atoms with E-state index in [0.717, 1.165) is 25.9 Å². The summed E-state index contributed by atoms with van der Waals surface area (Å²) in [5, 5.41) is 3.27. The quantitative estimate of drug-likeness (QED) is 0.700. The number of rotatable bonds is 3. The van der Waals surface area contributed by atoms with Crippen molar-refractivity contribution in [2.45, 2.75) is 12.8 Å². The highest BCUT2D eigenvalue weighted by Gasteiger charge is 2.19. The Kier molecular flexibility index (Phi) is 3.70. The van der Waals surface area contributed by atoms with Gasteiger partial charge in [0.2, 0.25) is 10.0 Å². The van der Waals surface area contributed by atoms with Crippen LogP contribution in [0.15, 0.2) is 0 Å². The minimum atomic E-state index is -3.00. The molecule has 4 nitrogen and oxygen atoms in total. The molecule has 1 aliphatic rings. The molecule has 0 aromatic carbocycles. The zero-order valence-corrected chi connectivity index (χ0v) is 9.10. The van der Waals surface area contributed by atoms with Crippen LogP contribution in [-0.4, -0.2) is 45.7 Å². The predicted molar refractivity (Wildman–Crippen MR) is 53.1 cm³/mol. The molecule has 1 rings (SSSR count). The van der Waals surface area contributed by atoms with E-state index in [-0.39, 0.29) is 0 Å². The maximum Gasteiger partial charge on any atom is 0.210 e. The van der Waals surface area contributed by atoms with Gasteiger partial charge in [-0.15, -0.1) is 0 Å². The van der Waals surface area contributed by atoms with Crippen molar-refractivity contribution in [2.75, 3.05) is 32.9 Å². The van der Waals surface area contributed by atoms with Crippen LogP contribution in [0.1, 0.15) is 12.8 Å². The zero-order valence-electron chi connectivity index (χ0n) is 8.28. The van der Waals surface area contributed by atoms with E-state index in [1.807, 2.05) is 0 Å². The third kappa shape index (κ3) is 3.62. The van der Waals surface area contributed by atoms with Gasteiger partial charge in [-0.05, 0) is 31.8 Å². The lowest BCUT2D eigenvalue weighted by molar-refractivity contribution is 0.316. The Bertz CT molecular complexity index is 245. The Balaban J connectivity index is 2.39. The molecule has 0 aromatic heterocycles. The molecule has 13 heavy (non-hydrogen) atoms. The maximum atomic E-state index is 11.1. The van der Waals surface area contributed by atoms with Crippen LogP contribution in [0.5, 0.6) is 0 Å². The fourth-order valence-corrected chi connectivity index (χ4v) is 2.06. The lowest BCUT2D eigenvalue weighted by atomic mass is 10.00. The van der Waals surface area contributed by atoms with Crippen molar-refractivity contribution >= 4 is 10.0 Å². The van der Waals surface area contributed by atoms with E-state index < -0.39 is 10.0 Å². The van der Waals surface area contributed by atoms with Crippen LogP contribution in [0.4, 0.5) is 0 Å². The highest BCUT2D eigenvalue weighted by molar-refractivity contribution is 7.88. The van der Waals surface area contributed by atoms with Gasteiger partial charge in [-0.1, -0.05) is 0 Å². The summed E-state index contributed by atoms with van der Waals surface area (Å²) in [7, 11) is -1.35. The molecule has 78 valence electrons. The van der Waals surface area contributed by atoms with Crippen molar-refractivity contribution in [1.29, 1.82) is 0 Å². The highest BCUT2D eigenvalue weighted by Crippen LogP contribution is 2.11. The molecular formula is C8H18N2O2S. The fourth-order valence-electron chi connectivity index (χ4n) is 1.58. The third-order valence-electron chi connectivity index (χ3n) is 2.48. The fraction of sp³-hybridized carbons (Fsp3) is 1.00. The number of nitrogens with one attached hydrogen (secondary N) is 1. The Morgan fingerprint density at radius 1 is 1.54 bits per heavy atom. The summed E-state index contributed by atoms with van der Waals surface area (Å²) >= 11 is 0. The van der Waals surface area contributed by atoms with Gasteiger partial charge in [0.15, 0.2) is 0 Å². The molecule has 0 saturated carbocycles. The summed E-state index contributed by atoms with van der Waals surface area (Å²) in [5.41, 5.74) is 0. The second-order valence-corrected chi connectivity index (χ2v) is 5.85. The van der Waals surface area contributed by atoms with Crippen molar-refractivity contribution in [3.05, 3.63) is 0 Å². The van der Waals surface area contributed by atoms with Crippen LogP contribution in [0.25, 0.3) is 0 Å². The minimum Gasteiger partial charge on any atom is -0.316 e. The number of hydrogen-bond donors (Lipinski definition) is 1. The second-order valence-electron chi connectivity index (χ2n) is 3.76. The summed E-state index contributed by atoms with van der Waals surface area (Å²) < 4.78 is 23.7. The summed E-state index contributed by atoms with van der Waals surface area (Å²) in [6, 6.07) is 0. The van der Waals surface area contributed by atoms with Crippen LogP contribution in [0.2, 0.25) is 0 Å². The maximum absolute atomic E-state index is 11.1. The van der Waals surface area contributed by atoms with Crippen molar-refractivity contribution < 1.29 is 8.42 Å². The Morgan fingerprint density at radius 3 is 2.69 bits per heavy atom. The molecule has 1 fully saturated rings. The van der Waals surface area contributed by atoms with Gasteiger partial charge in [-0.3, -0.25) is 0 Å². The number of sulfonamides is 1. The van der Waals surface area contributed by atoms with Gasteiger partial charge in [-0.2, -0.15) is 0 Å². The molecule has 1 saturated heterocycles. The molecule has 0 aliphatic carbocycles. The first-order chi connectivity index (χ1) is 6.00. The van der Waals surface area contributed by atoms with E-state index >= 15 is 0 Å². The topological polar surface area (TPSA) is 49.4 Å². The summed E-state index contributed by atoms with van der Waals surface area (Å²) in [6.45, 7) is 2.66. The van der Waals surface area contributed by atoms with Crippen molar-refractivity contribution in [3.8, 4) is 0 Å². The number of nitrogens with zero attached hydrogens (tertiary/aromatic N) is 1. The Labute approximate surface area is 80.4 Å². The highest BCUT2D eigenvalue weighted by atomic mass is 32.2. The van der Waals surface area contributed by atoms with Crippen LogP contribution in [0, 0.1) is 5.92 Å². The molecule has 5 heteroatoms. The molecule has 1 heterocycles. The van der Waals surface area contributed by atoms with E-state index in [2.05, 4.69) is 5.32 Å². The van der Waals surface area contributed by atoms with Gasteiger partial charge in [0.25, 0.3) is 0 Å². The first kappa shape index (κ1) is 10.9. The van der Waals surface area contributed by atoms with E-state index in [1.54, 1.807) is 7.05 Å². The molecule has 1 N–H and O–H groups in total. The van der Waals surface area contributed by atoms with Gasteiger partial charge < -0.3 is 5.32 Å². The largest absolute Gasteiger partial charge is 0.316 e.